The molecule has 2 aliphatic heterocycles. The fraction of sp³-hybridized carbons (Fsp3) is 0.143. The monoisotopic (exact) mass is 632 g/mol. The van der Waals surface area contributed by atoms with Gasteiger partial charge in [-0.25, -0.2) is 8.42 Å². The summed E-state index contributed by atoms with van der Waals surface area (Å²) in [6.45, 7) is 8.93. The van der Waals surface area contributed by atoms with Crippen LogP contribution in [0.3, 0.4) is 0 Å². The smallest absolute Gasteiger partial charge is 0.210 e. The van der Waals surface area contributed by atoms with E-state index in [4.69, 9.17) is 0 Å². The second-order valence-corrected chi connectivity index (χ2v) is 15.3. The molecule has 0 spiro atoms. The normalized spacial score (nSPS) is 15.7. The second kappa shape index (κ2) is 10.4. The minimum atomic E-state index is -4.05. The van der Waals surface area contributed by atoms with Gasteiger partial charge in [-0.15, -0.1) is 0 Å². The van der Waals surface area contributed by atoms with Gasteiger partial charge in [-0.1, -0.05) is 125 Å². The number of para-hydroxylation sites is 6. The lowest BCUT2D eigenvalue weighted by Crippen LogP contribution is -2.31. The van der Waals surface area contributed by atoms with Crippen LogP contribution in [0.15, 0.2) is 155 Å². The van der Waals surface area contributed by atoms with Crippen LogP contribution in [0.25, 0.3) is 0 Å². The van der Waals surface area contributed by atoms with Crippen molar-refractivity contribution in [3.05, 3.63) is 168 Å². The summed E-state index contributed by atoms with van der Waals surface area (Å²) in [6.07, 6.45) is 0. The van der Waals surface area contributed by atoms with Crippen LogP contribution in [-0.4, -0.2) is 8.42 Å². The fourth-order valence-electron chi connectivity index (χ4n) is 7.71. The molecule has 0 bridgehead atoms. The summed E-state index contributed by atoms with van der Waals surface area (Å²) in [5.41, 5.74) is 9.25. The number of benzene rings is 6. The molecule has 0 fully saturated rings. The predicted molar refractivity (Wildman–Crippen MR) is 192 cm³/mol. The number of fused-ring (bicyclic) bond motifs is 4. The fourth-order valence-corrected chi connectivity index (χ4v) is 9.34. The van der Waals surface area contributed by atoms with E-state index in [1.165, 1.54) is 0 Å². The van der Waals surface area contributed by atoms with Gasteiger partial charge in [0.25, 0.3) is 0 Å². The topological polar surface area (TPSA) is 40.6 Å². The molecule has 0 atom stereocenters. The Morgan fingerprint density at radius 2 is 0.596 bits per heavy atom. The SMILES string of the molecule is CC1(C)c2ccccc2N(c2ccccc2S(=O)(=O)c2ccccc2N2c3ccccc3C(C)(C)c3ccccc32)c2ccccc21. The summed E-state index contributed by atoms with van der Waals surface area (Å²) in [4.78, 5) is 4.77. The van der Waals surface area contributed by atoms with Crippen LogP contribution in [0, 0.1) is 0 Å². The van der Waals surface area contributed by atoms with E-state index in [1.54, 1.807) is 12.1 Å². The molecule has 2 heterocycles. The molecule has 0 unspecified atom stereocenters. The summed E-state index contributed by atoms with van der Waals surface area (Å²) < 4.78 is 30.4. The summed E-state index contributed by atoms with van der Waals surface area (Å²) in [5, 5.41) is 0. The van der Waals surface area contributed by atoms with Crippen LogP contribution in [-0.2, 0) is 20.7 Å². The van der Waals surface area contributed by atoms with Crippen LogP contribution in [0.4, 0.5) is 34.1 Å². The van der Waals surface area contributed by atoms with Gasteiger partial charge in [-0.2, -0.15) is 0 Å². The lowest BCUT2D eigenvalue weighted by Gasteiger charge is -2.43. The van der Waals surface area contributed by atoms with Gasteiger partial charge in [-0.3, -0.25) is 0 Å². The van der Waals surface area contributed by atoms with E-state index in [-0.39, 0.29) is 20.6 Å². The van der Waals surface area contributed by atoms with Gasteiger partial charge in [0.2, 0.25) is 9.84 Å². The molecule has 6 aromatic carbocycles. The molecule has 6 aromatic rings. The van der Waals surface area contributed by atoms with Crippen molar-refractivity contribution < 1.29 is 8.42 Å². The highest BCUT2D eigenvalue weighted by Gasteiger charge is 2.40. The molecule has 4 nitrogen and oxygen atoms in total. The molecule has 0 saturated carbocycles. The molecule has 232 valence electrons. The quantitative estimate of drug-likeness (QED) is 0.194. The molecule has 8 rings (SSSR count). The van der Waals surface area contributed by atoms with Gasteiger partial charge >= 0.3 is 0 Å². The summed E-state index contributed by atoms with van der Waals surface area (Å²) in [7, 11) is -4.05. The van der Waals surface area contributed by atoms with Crippen LogP contribution in [0.5, 0.6) is 0 Å². The summed E-state index contributed by atoms with van der Waals surface area (Å²) >= 11 is 0. The van der Waals surface area contributed by atoms with E-state index in [2.05, 4.69) is 110 Å². The van der Waals surface area contributed by atoms with Crippen molar-refractivity contribution >= 4 is 44.0 Å². The number of hydrogen-bond donors (Lipinski definition) is 0. The third kappa shape index (κ3) is 4.23. The van der Waals surface area contributed by atoms with E-state index in [0.717, 1.165) is 45.0 Å². The van der Waals surface area contributed by atoms with Crippen molar-refractivity contribution in [2.75, 3.05) is 9.80 Å². The largest absolute Gasteiger partial charge is 0.309 e. The van der Waals surface area contributed by atoms with E-state index in [9.17, 15) is 0 Å². The maximum absolute atomic E-state index is 15.2. The van der Waals surface area contributed by atoms with Crippen molar-refractivity contribution in [3.8, 4) is 0 Å². The first-order valence-corrected chi connectivity index (χ1v) is 17.5. The average molecular weight is 633 g/mol. The Balaban J connectivity index is 1.36. The molecule has 47 heavy (non-hydrogen) atoms. The van der Waals surface area contributed by atoms with E-state index in [0.29, 0.717) is 11.4 Å². The van der Waals surface area contributed by atoms with Gasteiger partial charge in [-0.05, 0) is 70.8 Å². The maximum atomic E-state index is 15.2. The Labute approximate surface area is 277 Å². The first-order chi connectivity index (χ1) is 22.6. The lowest BCUT2D eigenvalue weighted by molar-refractivity contribution is 0.596. The third-order valence-electron chi connectivity index (χ3n) is 10.1. The van der Waals surface area contributed by atoms with Crippen molar-refractivity contribution in [1.29, 1.82) is 0 Å². The average Bonchev–Trinajstić information content (AvgIpc) is 3.09. The molecule has 0 N–H and O–H groups in total. The van der Waals surface area contributed by atoms with E-state index in [1.807, 2.05) is 60.7 Å². The Morgan fingerprint density at radius 3 is 0.894 bits per heavy atom. The molecule has 2 aliphatic rings. The predicted octanol–water partition coefficient (Wildman–Crippen LogP) is 10.7. The molecule has 0 amide bonds. The molecule has 5 heteroatoms. The number of sulfone groups is 1. The highest BCUT2D eigenvalue weighted by molar-refractivity contribution is 7.91. The van der Waals surface area contributed by atoms with Crippen LogP contribution < -0.4 is 9.80 Å². The minimum absolute atomic E-state index is 0.257. The van der Waals surface area contributed by atoms with Crippen molar-refractivity contribution in [3.63, 3.8) is 0 Å². The van der Waals surface area contributed by atoms with Crippen LogP contribution in [0.2, 0.25) is 0 Å². The highest BCUT2D eigenvalue weighted by Crippen LogP contribution is 2.55. The van der Waals surface area contributed by atoms with Crippen LogP contribution in [0.1, 0.15) is 49.9 Å². The van der Waals surface area contributed by atoms with Gasteiger partial charge in [0, 0.05) is 10.8 Å². The molecule has 0 radical (unpaired) electrons. The molecular weight excluding hydrogens is 597 g/mol. The number of anilines is 6. The highest BCUT2D eigenvalue weighted by atomic mass is 32.2. The zero-order valence-electron chi connectivity index (χ0n) is 27.0. The van der Waals surface area contributed by atoms with Crippen molar-refractivity contribution in [2.45, 2.75) is 48.3 Å². The van der Waals surface area contributed by atoms with Gasteiger partial charge < -0.3 is 9.80 Å². The van der Waals surface area contributed by atoms with Crippen molar-refractivity contribution in [2.24, 2.45) is 0 Å². The molecule has 0 aromatic heterocycles. The summed E-state index contributed by atoms with van der Waals surface area (Å²) in [5.74, 6) is 0. The Hall–Kier alpha value is -5.13. The molecule has 0 aliphatic carbocycles. The second-order valence-electron chi connectivity index (χ2n) is 13.4. The maximum Gasteiger partial charge on any atom is 0.210 e. The van der Waals surface area contributed by atoms with Gasteiger partial charge in [0.15, 0.2) is 0 Å². The molecular formula is C42H36N2O2S. The van der Waals surface area contributed by atoms with E-state index >= 15 is 8.42 Å². The third-order valence-corrected chi connectivity index (χ3v) is 11.9. The first kappa shape index (κ1) is 29.3. The Bertz CT molecular complexity index is 2050. The summed E-state index contributed by atoms with van der Waals surface area (Å²) in [6, 6.07) is 48.1. The standard InChI is InChI=1S/C42H36N2O2S/c1-41(2)29-17-5-9-21-33(29)43(34-22-10-6-18-30(34)41)37-25-13-15-27-39(37)47(45,46)40-28-16-14-26-38(40)44-35-23-11-7-19-31(35)42(3,4)32-20-8-12-24-36(32)44/h5-28H,1-4H3. The zero-order valence-corrected chi connectivity index (χ0v) is 27.8. The minimum Gasteiger partial charge on any atom is -0.309 e. The number of rotatable bonds is 4. The Kier molecular flexibility index (Phi) is 6.51. The van der Waals surface area contributed by atoms with Gasteiger partial charge in [0.05, 0.1) is 43.9 Å². The zero-order chi connectivity index (χ0) is 32.6. The van der Waals surface area contributed by atoms with Gasteiger partial charge in [0.1, 0.15) is 0 Å². The first-order valence-electron chi connectivity index (χ1n) is 16.0. The lowest BCUT2D eigenvalue weighted by atomic mass is 9.73. The number of hydrogen-bond acceptors (Lipinski definition) is 4. The Morgan fingerprint density at radius 1 is 0.362 bits per heavy atom. The van der Waals surface area contributed by atoms with Crippen molar-refractivity contribution in [1.82, 2.24) is 0 Å². The van der Waals surface area contributed by atoms with Crippen LogP contribution >= 0.6 is 0 Å². The molecule has 0 saturated heterocycles. The van der Waals surface area contributed by atoms with E-state index < -0.39 is 9.84 Å². The number of nitrogens with zero attached hydrogens (tertiary/aromatic N) is 2.